The lowest BCUT2D eigenvalue weighted by atomic mass is 9.93. The Hall–Kier alpha value is -3.99. The van der Waals surface area contributed by atoms with Gasteiger partial charge in [-0.25, -0.2) is 8.78 Å². The Balaban J connectivity index is 1.58. The molecular formula is C29H25F2NO2. The zero-order valence-electron chi connectivity index (χ0n) is 18.9. The highest BCUT2D eigenvalue weighted by Crippen LogP contribution is 2.35. The number of hydrogen-bond donors (Lipinski definition) is 1. The average molecular weight is 458 g/mol. The molecular weight excluding hydrogens is 432 g/mol. The van der Waals surface area contributed by atoms with Crippen LogP contribution < -0.4 is 10.1 Å². The lowest BCUT2D eigenvalue weighted by Crippen LogP contribution is -2.09. The van der Waals surface area contributed by atoms with Crippen LogP contribution in [0, 0.1) is 11.6 Å². The van der Waals surface area contributed by atoms with E-state index >= 15 is 4.39 Å². The van der Waals surface area contributed by atoms with Crippen molar-refractivity contribution in [3.63, 3.8) is 0 Å². The van der Waals surface area contributed by atoms with E-state index in [0.29, 0.717) is 41.8 Å². The average Bonchev–Trinajstić information content (AvgIpc) is 2.84. The van der Waals surface area contributed by atoms with E-state index in [-0.39, 0.29) is 17.5 Å². The minimum atomic E-state index is -0.380. The number of benzene rings is 4. The van der Waals surface area contributed by atoms with E-state index in [1.165, 1.54) is 31.2 Å². The first kappa shape index (κ1) is 23.2. The lowest BCUT2D eigenvalue weighted by molar-refractivity contribution is -0.114. The lowest BCUT2D eigenvalue weighted by Gasteiger charge is -2.17. The van der Waals surface area contributed by atoms with E-state index in [1.807, 2.05) is 54.6 Å². The summed E-state index contributed by atoms with van der Waals surface area (Å²) in [7, 11) is 0. The van der Waals surface area contributed by atoms with Crippen molar-refractivity contribution in [1.29, 1.82) is 0 Å². The Morgan fingerprint density at radius 1 is 0.824 bits per heavy atom. The number of carbonyl (C=O) groups excluding carboxylic acids is 1. The predicted molar refractivity (Wildman–Crippen MR) is 131 cm³/mol. The summed E-state index contributed by atoms with van der Waals surface area (Å²) in [6.45, 7) is 1.87. The number of anilines is 1. The minimum absolute atomic E-state index is 0.260. The van der Waals surface area contributed by atoms with Crippen LogP contribution in [0.5, 0.6) is 5.75 Å². The molecule has 34 heavy (non-hydrogen) atoms. The molecule has 1 amide bonds. The summed E-state index contributed by atoms with van der Waals surface area (Å²) in [6.07, 6.45) is 0.964. The molecule has 4 rings (SSSR count). The molecule has 0 fully saturated rings. The van der Waals surface area contributed by atoms with Crippen LogP contribution in [-0.4, -0.2) is 5.91 Å². The smallest absolute Gasteiger partial charge is 0.221 e. The van der Waals surface area contributed by atoms with Crippen LogP contribution in [0.2, 0.25) is 0 Å². The molecule has 0 saturated carbocycles. The molecule has 4 aromatic rings. The molecule has 0 aromatic heterocycles. The zero-order chi connectivity index (χ0) is 23.9. The van der Waals surface area contributed by atoms with Crippen LogP contribution in [-0.2, 0) is 24.2 Å². The Morgan fingerprint density at radius 3 is 2.29 bits per heavy atom. The Morgan fingerprint density at radius 2 is 1.56 bits per heavy atom. The van der Waals surface area contributed by atoms with Gasteiger partial charge in [0.2, 0.25) is 5.91 Å². The molecule has 4 aromatic carbocycles. The van der Waals surface area contributed by atoms with Crippen molar-refractivity contribution in [3.8, 4) is 16.9 Å². The monoisotopic (exact) mass is 457 g/mol. The van der Waals surface area contributed by atoms with Crippen LogP contribution in [0.25, 0.3) is 11.1 Å². The van der Waals surface area contributed by atoms with Crippen molar-refractivity contribution in [3.05, 3.63) is 119 Å². The van der Waals surface area contributed by atoms with Gasteiger partial charge in [-0.1, -0.05) is 54.6 Å². The molecule has 172 valence electrons. The normalized spacial score (nSPS) is 10.7. The largest absolute Gasteiger partial charge is 0.489 e. The second-order valence-electron chi connectivity index (χ2n) is 8.06. The summed E-state index contributed by atoms with van der Waals surface area (Å²) in [5, 5.41) is 2.77. The van der Waals surface area contributed by atoms with Gasteiger partial charge in [-0.15, -0.1) is 0 Å². The topological polar surface area (TPSA) is 38.3 Å². The Kier molecular flexibility index (Phi) is 7.33. The molecule has 0 aliphatic heterocycles. The molecule has 0 bridgehead atoms. The van der Waals surface area contributed by atoms with Crippen LogP contribution in [0.3, 0.4) is 0 Å². The molecule has 0 aliphatic carbocycles. The number of nitrogens with one attached hydrogen (secondary N) is 1. The fourth-order valence-electron chi connectivity index (χ4n) is 3.91. The first-order valence-corrected chi connectivity index (χ1v) is 11.1. The van der Waals surface area contributed by atoms with E-state index in [9.17, 15) is 9.18 Å². The van der Waals surface area contributed by atoms with Gasteiger partial charge in [0.05, 0.1) is 0 Å². The van der Waals surface area contributed by atoms with Gasteiger partial charge in [0.1, 0.15) is 24.0 Å². The maximum absolute atomic E-state index is 15.0. The standard InChI is InChI=1S/C29H25F2NO2/c1-20(33)32-28-17-16-27(31)26(29(28)23-11-13-24(30)14-12-23)15-10-21-8-5-9-25(18-21)34-19-22-6-3-2-4-7-22/h2-9,11-14,16-18H,10,15,19H2,1H3,(H,32,33). The maximum atomic E-state index is 15.0. The summed E-state index contributed by atoms with van der Waals surface area (Å²) >= 11 is 0. The van der Waals surface area contributed by atoms with Crippen molar-refractivity contribution < 1.29 is 18.3 Å². The predicted octanol–water partition coefficient (Wildman–Crippen LogP) is 6.95. The molecule has 0 heterocycles. The second-order valence-corrected chi connectivity index (χ2v) is 8.06. The highest BCUT2D eigenvalue weighted by molar-refractivity contribution is 5.95. The number of ether oxygens (including phenoxy) is 1. The van der Waals surface area contributed by atoms with E-state index in [0.717, 1.165) is 16.9 Å². The van der Waals surface area contributed by atoms with Gasteiger partial charge < -0.3 is 10.1 Å². The summed E-state index contributed by atoms with van der Waals surface area (Å²) in [4.78, 5) is 11.7. The van der Waals surface area contributed by atoms with Gasteiger partial charge in [-0.05, 0) is 71.5 Å². The number of amides is 1. The number of halogens is 2. The van der Waals surface area contributed by atoms with Gasteiger partial charge in [0.25, 0.3) is 0 Å². The third-order valence-electron chi connectivity index (χ3n) is 5.51. The number of rotatable bonds is 8. The van der Waals surface area contributed by atoms with Crippen molar-refractivity contribution in [2.24, 2.45) is 0 Å². The highest BCUT2D eigenvalue weighted by Gasteiger charge is 2.17. The SMILES string of the molecule is CC(=O)Nc1ccc(F)c(CCc2cccc(OCc3ccccc3)c2)c1-c1ccc(F)cc1. The van der Waals surface area contributed by atoms with E-state index in [2.05, 4.69) is 5.32 Å². The van der Waals surface area contributed by atoms with Crippen molar-refractivity contribution >= 4 is 11.6 Å². The van der Waals surface area contributed by atoms with E-state index in [4.69, 9.17) is 4.74 Å². The van der Waals surface area contributed by atoms with Gasteiger partial charge in [0, 0.05) is 18.2 Å². The molecule has 0 spiro atoms. The molecule has 0 radical (unpaired) electrons. The highest BCUT2D eigenvalue weighted by atomic mass is 19.1. The first-order valence-electron chi connectivity index (χ1n) is 11.1. The molecule has 5 heteroatoms. The fourth-order valence-corrected chi connectivity index (χ4v) is 3.91. The minimum Gasteiger partial charge on any atom is -0.489 e. The summed E-state index contributed by atoms with van der Waals surface area (Å²) in [6, 6.07) is 26.4. The van der Waals surface area contributed by atoms with Gasteiger partial charge in [0.15, 0.2) is 0 Å². The number of aryl methyl sites for hydroxylation is 1. The molecule has 0 unspecified atom stereocenters. The van der Waals surface area contributed by atoms with Gasteiger partial charge in [-0.3, -0.25) is 4.79 Å². The third-order valence-corrected chi connectivity index (χ3v) is 5.51. The Bertz CT molecular complexity index is 1270. The maximum Gasteiger partial charge on any atom is 0.221 e. The molecule has 0 atom stereocenters. The van der Waals surface area contributed by atoms with Crippen molar-refractivity contribution in [2.45, 2.75) is 26.4 Å². The molecule has 1 N–H and O–H groups in total. The summed E-state index contributed by atoms with van der Waals surface area (Å²) in [5.74, 6) is -0.267. The quantitative estimate of drug-likeness (QED) is 0.311. The van der Waals surface area contributed by atoms with E-state index < -0.39 is 0 Å². The van der Waals surface area contributed by atoms with Crippen LogP contribution in [0.1, 0.15) is 23.6 Å². The van der Waals surface area contributed by atoms with Crippen molar-refractivity contribution in [2.75, 3.05) is 5.32 Å². The summed E-state index contributed by atoms with van der Waals surface area (Å²) in [5.41, 5.74) is 4.24. The van der Waals surface area contributed by atoms with Gasteiger partial charge >= 0.3 is 0 Å². The number of carbonyl (C=O) groups is 1. The fraction of sp³-hybridized carbons (Fsp3) is 0.138. The van der Waals surface area contributed by atoms with Crippen LogP contribution >= 0.6 is 0 Å². The van der Waals surface area contributed by atoms with Crippen LogP contribution in [0.4, 0.5) is 14.5 Å². The zero-order valence-corrected chi connectivity index (χ0v) is 18.9. The summed E-state index contributed by atoms with van der Waals surface area (Å²) < 4.78 is 34.4. The molecule has 0 aliphatic rings. The van der Waals surface area contributed by atoms with Crippen LogP contribution in [0.15, 0.2) is 91.0 Å². The third kappa shape index (κ3) is 5.87. The van der Waals surface area contributed by atoms with Crippen molar-refractivity contribution in [1.82, 2.24) is 0 Å². The van der Waals surface area contributed by atoms with Gasteiger partial charge in [-0.2, -0.15) is 0 Å². The first-order chi connectivity index (χ1) is 16.5. The number of hydrogen-bond acceptors (Lipinski definition) is 2. The second kappa shape index (κ2) is 10.8. The molecule has 3 nitrogen and oxygen atoms in total. The molecule has 0 saturated heterocycles. The Labute approximate surface area is 198 Å². The van der Waals surface area contributed by atoms with E-state index in [1.54, 1.807) is 12.1 Å².